The molecule has 0 aromatic heterocycles. The summed E-state index contributed by atoms with van der Waals surface area (Å²) >= 11 is 0. The van der Waals surface area contributed by atoms with E-state index in [1.165, 1.54) is 6.07 Å². The van der Waals surface area contributed by atoms with Gasteiger partial charge in [0.05, 0.1) is 13.2 Å². The lowest BCUT2D eigenvalue weighted by molar-refractivity contribution is 0.195. The van der Waals surface area contributed by atoms with Crippen LogP contribution in [0, 0.1) is 19.7 Å². The molecule has 0 aliphatic carbocycles. The summed E-state index contributed by atoms with van der Waals surface area (Å²) in [5.74, 6) is 1.17. The van der Waals surface area contributed by atoms with Crippen molar-refractivity contribution in [1.82, 2.24) is 0 Å². The second-order valence-electron chi connectivity index (χ2n) is 5.07. The maximum absolute atomic E-state index is 13.7. The first-order valence-corrected chi connectivity index (χ1v) is 6.73. The fourth-order valence-corrected chi connectivity index (χ4v) is 2.06. The zero-order chi connectivity index (χ0) is 15.6. The number of methoxy groups -OCH3 is 1. The fraction of sp³-hybridized carbons (Fsp3) is 0.294. The Morgan fingerprint density at radius 3 is 2.38 bits per heavy atom. The third-order valence-corrected chi connectivity index (χ3v) is 3.28. The summed E-state index contributed by atoms with van der Waals surface area (Å²) in [5, 5.41) is 9.79. The van der Waals surface area contributed by atoms with Crippen molar-refractivity contribution in [3.8, 4) is 17.2 Å². The van der Waals surface area contributed by atoms with Crippen LogP contribution in [0.1, 0.15) is 29.7 Å². The van der Waals surface area contributed by atoms with Gasteiger partial charge in [0.2, 0.25) is 0 Å². The van der Waals surface area contributed by atoms with Crippen molar-refractivity contribution in [2.24, 2.45) is 0 Å². The van der Waals surface area contributed by atoms with E-state index in [1.807, 2.05) is 19.1 Å². The highest BCUT2D eigenvalue weighted by Gasteiger charge is 2.15. The number of hydrogen-bond donors (Lipinski definition) is 1. The van der Waals surface area contributed by atoms with Gasteiger partial charge in [-0.2, -0.15) is 0 Å². The van der Waals surface area contributed by atoms with Gasteiger partial charge in [-0.3, -0.25) is 0 Å². The number of aliphatic hydroxyl groups is 1. The van der Waals surface area contributed by atoms with Crippen molar-refractivity contribution in [3.63, 3.8) is 0 Å². The van der Waals surface area contributed by atoms with E-state index in [4.69, 9.17) is 9.47 Å². The molecule has 1 N–H and O–H groups in total. The molecule has 0 bridgehead atoms. The number of benzene rings is 2. The van der Waals surface area contributed by atoms with Gasteiger partial charge in [0.25, 0.3) is 0 Å². The van der Waals surface area contributed by atoms with E-state index >= 15 is 0 Å². The van der Waals surface area contributed by atoms with Crippen LogP contribution in [-0.4, -0.2) is 12.2 Å². The summed E-state index contributed by atoms with van der Waals surface area (Å²) in [6.07, 6.45) is -0.827. The highest BCUT2D eigenvalue weighted by Crippen LogP contribution is 2.36. The van der Waals surface area contributed by atoms with E-state index in [0.717, 1.165) is 5.56 Å². The second-order valence-corrected chi connectivity index (χ2v) is 5.07. The molecule has 0 aliphatic heterocycles. The maximum Gasteiger partial charge on any atom is 0.169 e. The monoisotopic (exact) mass is 290 g/mol. The lowest BCUT2D eigenvalue weighted by atomic mass is 10.1. The highest BCUT2D eigenvalue weighted by atomic mass is 19.1. The van der Waals surface area contributed by atoms with Crippen molar-refractivity contribution >= 4 is 0 Å². The molecule has 21 heavy (non-hydrogen) atoms. The van der Waals surface area contributed by atoms with Crippen LogP contribution < -0.4 is 9.47 Å². The average Bonchev–Trinajstić information content (AvgIpc) is 2.44. The summed E-state index contributed by atoms with van der Waals surface area (Å²) in [4.78, 5) is 0. The number of aryl methyl sites for hydroxylation is 2. The first kappa shape index (κ1) is 15.3. The van der Waals surface area contributed by atoms with E-state index < -0.39 is 6.10 Å². The Morgan fingerprint density at radius 1 is 1.05 bits per heavy atom. The van der Waals surface area contributed by atoms with E-state index in [2.05, 4.69) is 0 Å². The van der Waals surface area contributed by atoms with Crippen molar-refractivity contribution in [3.05, 3.63) is 52.8 Å². The molecule has 0 spiro atoms. The molecule has 0 radical (unpaired) electrons. The molecule has 4 heteroatoms. The van der Waals surface area contributed by atoms with Crippen molar-refractivity contribution < 1.29 is 19.0 Å². The third-order valence-electron chi connectivity index (χ3n) is 3.28. The number of aliphatic hydroxyl groups excluding tert-OH is 1. The van der Waals surface area contributed by atoms with Crippen LogP contribution in [-0.2, 0) is 0 Å². The second kappa shape index (κ2) is 6.14. The van der Waals surface area contributed by atoms with E-state index in [1.54, 1.807) is 33.1 Å². The van der Waals surface area contributed by atoms with Crippen LogP contribution in [0.2, 0.25) is 0 Å². The zero-order valence-electron chi connectivity index (χ0n) is 12.6. The van der Waals surface area contributed by atoms with Gasteiger partial charge < -0.3 is 14.6 Å². The Bertz CT molecular complexity index is 651. The van der Waals surface area contributed by atoms with Gasteiger partial charge in [-0.15, -0.1) is 0 Å². The Hall–Kier alpha value is -2.07. The van der Waals surface area contributed by atoms with Crippen LogP contribution in [0.15, 0.2) is 30.3 Å². The van der Waals surface area contributed by atoms with Gasteiger partial charge in [0.15, 0.2) is 11.5 Å². The third kappa shape index (κ3) is 3.34. The molecule has 112 valence electrons. The fourth-order valence-electron chi connectivity index (χ4n) is 2.06. The largest absolute Gasteiger partial charge is 0.493 e. The molecule has 0 aliphatic rings. The molecular formula is C17H19FO3. The maximum atomic E-state index is 13.7. The van der Waals surface area contributed by atoms with Gasteiger partial charge in [-0.1, -0.05) is 6.07 Å². The Kier molecular flexibility index (Phi) is 4.48. The summed E-state index contributed by atoms with van der Waals surface area (Å²) in [6.45, 7) is 5.18. The normalized spacial score (nSPS) is 12.1. The molecule has 2 aromatic rings. The predicted octanol–water partition coefficient (Wildman–Crippen LogP) is 4.30. The minimum atomic E-state index is -0.827. The summed E-state index contributed by atoms with van der Waals surface area (Å²) in [5.41, 5.74) is 1.91. The lowest BCUT2D eigenvalue weighted by Crippen LogP contribution is -2.00. The number of halogens is 1. The minimum Gasteiger partial charge on any atom is -0.493 e. The van der Waals surface area contributed by atoms with Crippen molar-refractivity contribution in [2.75, 3.05) is 7.11 Å². The SMILES string of the molecule is COc1cc(C)ccc1Oc1cc(C)c(F)cc1[C@H](C)O. The van der Waals surface area contributed by atoms with E-state index in [-0.39, 0.29) is 5.82 Å². The summed E-state index contributed by atoms with van der Waals surface area (Å²) in [6, 6.07) is 8.43. The Morgan fingerprint density at radius 2 is 1.76 bits per heavy atom. The molecular weight excluding hydrogens is 271 g/mol. The number of ether oxygens (including phenoxy) is 2. The molecule has 0 unspecified atom stereocenters. The zero-order valence-corrected chi connectivity index (χ0v) is 12.6. The van der Waals surface area contributed by atoms with Gasteiger partial charge in [-0.25, -0.2) is 4.39 Å². The van der Waals surface area contributed by atoms with Crippen molar-refractivity contribution in [1.29, 1.82) is 0 Å². The van der Waals surface area contributed by atoms with Crippen LogP contribution in [0.4, 0.5) is 4.39 Å². The molecule has 0 fully saturated rings. The molecule has 0 saturated carbocycles. The molecule has 1 atom stereocenters. The van der Waals surface area contributed by atoms with Gasteiger partial charge in [0, 0.05) is 5.56 Å². The Labute approximate surface area is 124 Å². The molecule has 0 heterocycles. The smallest absolute Gasteiger partial charge is 0.169 e. The van der Waals surface area contributed by atoms with Gasteiger partial charge in [0.1, 0.15) is 11.6 Å². The van der Waals surface area contributed by atoms with Gasteiger partial charge in [-0.05, 0) is 56.2 Å². The van der Waals surface area contributed by atoms with Gasteiger partial charge >= 0.3 is 0 Å². The summed E-state index contributed by atoms with van der Waals surface area (Å²) < 4.78 is 24.8. The number of rotatable bonds is 4. The molecule has 3 nitrogen and oxygen atoms in total. The number of hydrogen-bond acceptors (Lipinski definition) is 3. The molecule has 2 rings (SSSR count). The van der Waals surface area contributed by atoms with Crippen molar-refractivity contribution in [2.45, 2.75) is 26.9 Å². The first-order valence-electron chi connectivity index (χ1n) is 6.73. The van der Waals surface area contributed by atoms with Crippen LogP contribution in [0.3, 0.4) is 0 Å². The van der Waals surface area contributed by atoms with E-state index in [0.29, 0.717) is 28.4 Å². The predicted molar refractivity (Wildman–Crippen MR) is 79.6 cm³/mol. The molecule has 0 saturated heterocycles. The standard InChI is InChI=1S/C17H19FO3/c1-10-5-6-15(17(7-10)20-4)21-16-8-11(2)14(18)9-13(16)12(3)19/h5-9,12,19H,1-4H3/t12-/m0/s1. The topological polar surface area (TPSA) is 38.7 Å². The quantitative estimate of drug-likeness (QED) is 0.912. The minimum absolute atomic E-state index is 0.367. The van der Waals surface area contributed by atoms with E-state index in [9.17, 15) is 9.50 Å². The van der Waals surface area contributed by atoms with Crippen LogP contribution >= 0.6 is 0 Å². The Balaban J connectivity index is 2.46. The highest BCUT2D eigenvalue weighted by molar-refractivity contribution is 5.48. The molecule has 2 aromatic carbocycles. The van der Waals surface area contributed by atoms with Crippen LogP contribution in [0.5, 0.6) is 17.2 Å². The first-order chi connectivity index (χ1) is 9.92. The average molecular weight is 290 g/mol. The summed E-state index contributed by atoms with van der Waals surface area (Å²) in [7, 11) is 1.56. The molecule has 0 amide bonds. The lowest BCUT2D eigenvalue weighted by Gasteiger charge is -2.16. The van der Waals surface area contributed by atoms with Crippen LogP contribution in [0.25, 0.3) is 0 Å².